The molecule has 146 valence electrons. The summed E-state index contributed by atoms with van der Waals surface area (Å²) >= 11 is 1.56. The van der Waals surface area contributed by atoms with E-state index in [9.17, 15) is 4.79 Å². The minimum absolute atomic E-state index is 0.0141. The van der Waals surface area contributed by atoms with E-state index in [4.69, 9.17) is 4.98 Å². The maximum absolute atomic E-state index is 13.2. The lowest BCUT2D eigenvalue weighted by Crippen LogP contribution is -2.28. The predicted molar refractivity (Wildman–Crippen MR) is 119 cm³/mol. The number of aromatic nitrogens is 2. The van der Waals surface area contributed by atoms with Gasteiger partial charge >= 0.3 is 0 Å². The van der Waals surface area contributed by atoms with Gasteiger partial charge < -0.3 is 9.88 Å². The number of rotatable bonds is 7. The summed E-state index contributed by atoms with van der Waals surface area (Å²) in [6.45, 7) is 3.31. The fraction of sp³-hybridized carbons (Fsp3) is 0.167. The van der Waals surface area contributed by atoms with Crippen molar-refractivity contribution < 1.29 is 4.79 Å². The SMILES string of the molecule is CCn1c(CNC(=O)C(Sc2ccccc2)c2ccccc2)nc2ccccc21. The molecular formula is C24H23N3OS. The third-order valence-corrected chi connectivity index (χ3v) is 6.07. The van der Waals surface area contributed by atoms with Crippen LogP contribution in [-0.4, -0.2) is 15.5 Å². The summed E-state index contributed by atoms with van der Waals surface area (Å²) in [5.41, 5.74) is 3.04. The van der Waals surface area contributed by atoms with Crippen LogP contribution in [0.3, 0.4) is 0 Å². The molecule has 5 heteroatoms. The molecule has 1 amide bonds. The van der Waals surface area contributed by atoms with Crippen molar-refractivity contribution in [3.05, 3.63) is 96.3 Å². The molecule has 3 aromatic carbocycles. The van der Waals surface area contributed by atoms with E-state index in [0.717, 1.165) is 33.9 Å². The molecule has 0 saturated carbocycles. The van der Waals surface area contributed by atoms with E-state index in [2.05, 4.69) is 22.9 Å². The summed E-state index contributed by atoms with van der Waals surface area (Å²) in [7, 11) is 0. The summed E-state index contributed by atoms with van der Waals surface area (Å²) in [5.74, 6) is 0.860. The van der Waals surface area contributed by atoms with Crippen LogP contribution < -0.4 is 5.32 Å². The standard InChI is InChI=1S/C24H23N3OS/c1-2-27-21-16-10-9-15-20(21)26-22(27)17-25-24(28)23(18-11-5-3-6-12-18)29-19-13-7-4-8-14-19/h3-16,23H,2,17H2,1H3,(H,25,28). The highest BCUT2D eigenvalue weighted by molar-refractivity contribution is 8.00. The van der Waals surface area contributed by atoms with Gasteiger partial charge in [0, 0.05) is 11.4 Å². The van der Waals surface area contributed by atoms with Gasteiger partial charge in [-0.3, -0.25) is 4.79 Å². The van der Waals surface area contributed by atoms with Crippen LogP contribution in [0.4, 0.5) is 0 Å². The Morgan fingerprint density at radius 3 is 2.34 bits per heavy atom. The Hall–Kier alpha value is -3.05. The molecule has 0 aliphatic carbocycles. The Bertz CT molecular complexity index is 1090. The largest absolute Gasteiger partial charge is 0.348 e. The van der Waals surface area contributed by atoms with Crippen molar-refractivity contribution in [3.63, 3.8) is 0 Å². The van der Waals surface area contributed by atoms with Crippen LogP contribution in [-0.2, 0) is 17.9 Å². The molecule has 0 radical (unpaired) electrons. The Kier molecular flexibility index (Phi) is 5.96. The number of amides is 1. The summed E-state index contributed by atoms with van der Waals surface area (Å²) < 4.78 is 2.15. The first-order valence-corrected chi connectivity index (χ1v) is 10.6. The minimum atomic E-state index is -0.321. The number of nitrogens with zero attached hydrogens (tertiary/aromatic N) is 2. The number of para-hydroxylation sites is 2. The van der Waals surface area contributed by atoms with Gasteiger partial charge in [0.1, 0.15) is 11.1 Å². The first-order valence-electron chi connectivity index (χ1n) is 9.74. The molecule has 0 fully saturated rings. The lowest BCUT2D eigenvalue weighted by molar-refractivity contribution is -0.120. The third-order valence-electron chi connectivity index (χ3n) is 4.81. The molecule has 4 aromatic rings. The molecule has 0 spiro atoms. The molecular weight excluding hydrogens is 378 g/mol. The van der Waals surface area contributed by atoms with Crippen LogP contribution in [0.15, 0.2) is 89.8 Å². The normalized spacial score (nSPS) is 12.0. The number of fused-ring (bicyclic) bond motifs is 1. The molecule has 1 heterocycles. The molecule has 0 bridgehead atoms. The molecule has 29 heavy (non-hydrogen) atoms. The van der Waals surface area contributed by atoms with Crippen molar-refractivity contribution in [1.82, 2.24) is 14.9 Å². The van der Waals surface area contributed by atoms with Crippen LogP contribution in [0.1, 0.15) is 23.6 Å². The van der Waals surface area contributed by atoms with Crippen molar-refractivity contribution >= 4 is 28.7 Å². The van der Waals surface area contributed by atoms with E-state index in [-0.39, 0.29) is 11.2 Å². The monoisotopic (exact) mass is 401 g/mol. The van der Waals surface area contributed by atoms with Crippen LogP contribution >= 0.6 is 11.8 Å². The van der Waals surface area contributed by atoms with Gasteiger partial charge in [0.15, 0.2) is 0 Å². The molecule has 0 aliphatic rings. The van der Waals surface area contributed by atoms with Gasteiger partial charge in [-0.2, -0.15) is 0 Å². The summed E-state index contributed by atoms with van der Waals surface area (Å²) in [6, 6.07) is 28.0. The second-order valence-corrected chi connectivity index (χ2v) is 7.88. The third kappa shape index (κ3) is 4.35. The van der Waals surface area contributed by atoms with E-state index in [0.29, 0.717) is 6.54 Å². The van der Waals surface area contributed by atoms with Crippen molar-refractivity contribution in [1.29, 1.82) is 0 Å². The average Bonchev–Trinajstić information content (AvgIpc) is 3.14. The maximum atomic E-state index is 13.2. The number of hydrogen-bond donors (Lipinski definition) is 1. The first kappa shape index (κ1) is 19.3. The molecule has 1 N–H and O–H groups in total. The van der Waals surface area contributed by atoms with E-state index in [1.54, 1.807) is 11.8 Å². The van der Waals surface area contributed by atoms with Crippen LogP contribution in [0, 0.1) is 0 Å². The number of carbonyl (C=O) groups excluding carboxylic acids is 1. The van der Waals surface area contributed by atoms with Gasteiger partial charge in [0.05, 0.1) is 17.6 Å². The number of carbonyl (C=O) groups is 1. The van der Waals surface area contributed by atoms with Gasteiger partial charge in [0.2, 0.25) is 5.91 Å². The van der Waals surface area contributed by atoms with E-state index in [1.165, 1.54) is 0 Å². The molecule has 4 nitrogen and oxygen atoms in total. The van der Waals surface area contributed by atoms with E-state index < -0.39 is 0 Å². The zero-order chi connectivity index (χ0) is 20.1. The van der Waals surface area contributed by atoms with Gasteiger partial charge in [-0.1, -0.05) is 60.7 Å². The highest BCUT2D eigenvalue weighted by atomic mass is 32.2. The first-order chi connectivity index (χ1) is 14.3. The topological polar surface area (TPSA) is 46.9 Å². The average molecular weight is 402 g/mol. The zero-order valence-electron chi connectivity index (χ0n) is 16.3. The smallest absolute Gasteiger partial charge is 0.238 e. The van der Waals surface area contributed by atoms with Crippen molar-refractivity contribution in [3.8, 4) is 0 Å². The van der Waals surface area contributed by atoms with E-state index >= 15 is 0 Å². The lowest BCUT2D eigenvalue weighted by Gasteiger charge is -2.17. The van der Waals surface area contributed by atoms with E-state index in [1.807, 2.05) is 78.9 Å². The molecule has 1 unspecified atom stereocenters. The highest BCUT2D eigenvalue weighted by Crippen LogP contribution is 2.35. The van der Waals surface area contributed by atoms with Gasteiger partial charge in [-0.15, -0.1) is 11.8 Å². The summed E-state index contributed by atoms with van der Waals surface area (Å²) in [6.07, 6.45) is 0. The number of hydrogen-bond acceptors (Lipinski definition) is 3. The second kappa shape index (κ2) is 8.97. The van der Waals surface area contributed by atoms with Gasteiger partial charge in [0.25, 0.3) is 0 Å². The van der Waals surface area contributed by atoms with Crippen molar-refractivity contribution in [2.45, 2.75) is 30.2 Å². The number of imidazole rings is 1. The number of nitrogens with one attached hydrogen (secondary N) is 1. The van der Waals surface area contributed by atoms with Crippen molar-refractivity contribution in [2.24, 2.45) is 0 Å². The van der Waals surface area contributed by atoms with Crippen LogP contribution in [0.5, 0.6) is 0 Å². The predicted octanol–water partition coefficient (Wildman–Crippen LogP) is 5.21. The second-order valence-electron chi connectivity index (χ2n) is 6.70. The fourth-order valence-electron chi connectivity index (χ4n) is 3.41. The van der Waals surface area contributed by atoms with Crippen molar-refractivity contribution in [2.75, 3.05) is 0 Å². The zero-order valence-corrected chi connectivity index (χ0v) is 17.1. The molecule has 0 aliphatic heterocycles. The lowest BCUT2D eigenvalue weighted by atomic mass is 10.1. The Labute approximate surface area is 175 Å². The molecule has 1 atom stereocenters. The summed E-state index contributed by atoms with van der Waals surface area (Å²) in [5, 5.41) is 2.79. The summed E-state index contributed by atoms with van der Waals surface area (Å²) in [4.78, 5) is 18.9. The van der Waals surface area contributed by atoms with Gasteiger partial charge in [-0.25, -0.2) is 4.98 Å². The number of aryl methyl sites for hydroxylation is 1. The maximum Gasteiger partial charge on any atom is 0.238 e. The highest BCUT2D eigenvalue weighted by Gasteiger charge is 2.22. The number of benzene rings is 3. The molecule has 4 rings (SSSR count). The Morgan fingerprint density at radius 2 is 1.62 bits per heavy atom. The quantitative estimate of drug-likeness (QED) is 0.433. The van der Waals surface area contributed by atoms with Crippen LogP contribution in [0.2, 0.25) is 0 Å². The fourth-order valence-corrected chi connectivity index (χ4v) is 4.48. The Balaban J connectivity index is 1.55. The Morgan fingerprint density at radius 1 is 0.966 bits per heavy atom. The van der Waals surface area contributed by atoms with Gasteiger partial charge in [-0.05, 0) is 36.8 Å². The number of thioether (sulfide) groups is 1. The van der Waals surface area contributed by atoms with Crippen LogP contribution in [0.25, 0.3) is 11.0 Å². The molecule has 1 aromatic heterocycles. The minimum Gasteiger partial charge on any atom is -0.348 e. The molecule has 0 saturated heterocycles.